The first-order chi connectivity index (χ1) is 19.2. The van der Waals surface area contributed by atoms with Crippen LogP contribution in [-0.4, -0.2) is 31.1 Å². The molecule has 1 aliphatic heterocycles. The summed E-state index contributed by atoms with van der Waals surface area (Å²) in [7, 11) is 2.22. The van der Waals surface area contributed by atoms with Gasteiger partial charge in [-0.3, -0.25) is 15.0 Å². The highest BCUT2D eigenvalue weighted by atomic mass is 35.5. The van der Waals surface area contributed by atoms with Gasteiger partial charge in [-0.25, -0.2) is 9.59 Å². The molecule has 0 aliphatic carbocycles. The van der Waals surface area contributed by atoms with E-state index in [0.29, 0.717) is 16.3 Å². The van der Waals surface area contributed by atoms with Crippen molar-refractivity contribution >= 4 is 34.9 Å². The van der Waals surface area contributed by atoms with E-state index in [0.717, 1.165) is 25.2 Å². The molecular weight excluding hydrogens is 540 g/mol. The summed E-state index contributed by atoms with van der Waals surface area (Å²) >= 11 is 5.93. The Balaban J connectivity index is 2.01. The highest BCUT2D eigenvalue weighted by molar-refractivity contribution is 6.30. The molecule has 0 saturated heterocycles. The quantitative estimate of drug-likeness (QED) is 0.238. The van der Waals surface area contributed by atoms with Crippen LogP contribution in [0.25, 0.3) is 0 Å². The summed E-state index contributed by atoms with van der Waals surface area (Å²) in [6.07, 6.45) is 0. The highest BCUT2D eigenvalue weighted by Crippen LogP contribution is 2.44. The Kier molecular flexibility index (Phi) is 8.02. The lowest BCUT2D eigenvalue weighted by molar-refractivity contribution is -0.384. The minimum Gasteiger partial charge on any atom is -0.466 e. The average molecular weight is 561 g/mol. The molecule has 1 heterocycles. The molecule has 0 bridgehead atoms. The Morgan fingerprint density at radius 1 is 1.00 bits per heavy atom. The zero-order valence-electron chi connectivity index (χ0n) is 21.2. The smallest absolute Gasteiger partial charge is 0.355 e. The fourth-order valence-corrected chi connectivity index (χ4v) is 4.41. The Hall–Kier alpha value is -5.34. The molecule has 3 aromatic rings. The summed E-state index contributed by atoms with van der Waals surface area (Å²) in [4.78, 5) is 38.7. The standard InChI is InChI=1S/C28H21ClN4O7/c1-38-27(34)24-23(16-6-4-3-5-7-16)22(15-30)26(31)32(25(24)28(35)39-2)18-12-19(33(36)37)14-21(13-18)40-20-10-8-17(29)9-11-20/h3-14,23H,31H2,1-2H3. The fraction of sp³-hybridized carbons (Fsp3) is 0.107. The zero-order chi connectivity index (χ0) is 29.0. The van der Waals surface area contributed by atoms with E-state index in [4.69, 9.17) is 31.5 Å². The number of non-ortho nitro benzene ring substituents is 1. The summed E-state index contributed by atoms with van der Waals surface area (Å²) in [6, 6.07) is 20.4. The van der Waals surface area contributed by atoms with E-state index >= 15 is 0 Å². The van der Waals surface area contributed by atoms with E-state index < -0.39 is 28.5 Å². The van der Waals surface area contributed by atoms with E-state index in [9.17, 15) is 25.0 Å². The molecule has 0 fully saturated rings. The van der Waals surface area contributed by atoms with Crippen LogP contribution in [0, 0.1) is 21.4 Å². The van der Waals surface area contributed by atoms with Crippen molar-refractivity contribution in [2.24, 2.45) is 5.73 Å². The van der Waals surface area contributed by atoms with Crippen LogP contribution in [0.4, 0.5) is 11.4 Å². The molecule has 0 amide bonds. The van der Waals surface area contributed by atoms with Crippen molar-refractivity contribution in [1.82, 2.24) is 0 Å². The molecule has 0 spiro atoms. The zero-order valence-corrected chi connectivity index (χ0v) is 21.9. The van der Waals surface area contributed by atoms with Crippen LogP contribution in [0.3, 0.4) is 0 Å². The van der Waals surface area contributed by atoms with Crippen molar-refractivity contribution in [3.8, 4) is 17.6 Å². The van der Waals surface area contributed by atoms with Crippen LogP contribution < -0.4 is 15.4 Å². The molecule has 1 unspecified atom stereocenters. The number of allylic oxidation sites excluding steroid dienone is 1. The highest BCUT2D eigenvalue weighted by Gasteiger charge is 2.43. The molecule has 11 nitrogen and oxygen atoms in total. The Morgan fingerprint density at radius 2 is 1.65 bits per heavy atom. The van der Waals surface area contributed by atoms with E-state index in [1.807, 2.05) is 6.07 Å². The second kappa shape index (κ2) is 11.6. The summed E-state index contributed by atoms with van der Waals surface area (Å²) in [5.74, 6) is -2.93. The SMILES string of the molecule is COC(=O)C1=C(C(=O)OC)N(c2cc(Oc3ccc(Cl)cc3)cc([N+](=O)[O-])c2)C(N)=C(C#N)C1c1ccccc1. The number of nitriles is 1. The van der Waals surface area contributed by atoms with E-state index in [1.54, 1.807) is 54.6 Å². The summed E-state index contributed by atoms with van der Waals surface area (Å²) in [6.45, 7) is 0. The van der Waals surface area contributed by atoms with Gasteiger partial charge in [-0.1, -0.05) is 41.9 Å². The maximum Gasteiger partial charge on any atom is 0.355 e. The molecule has 1 atom stereocenters. The number of esters is 2. The number of ether oxygens (including phenoxy) is 3. The molecule has 2 N–H and O–H groups in total. The van der Waals surface area contributed by atoms with E-state index in [-0.39, 0.29) is 34.1 Å². The average Bonchev–Trinajstić information content (AvgIpc) is 2.97. The van der Waals surface area contributed by atoms with Gasteiger partial charge in [-0.2, -0.15) is 5.26 Å². The number of hydrogen-bond acceptors (Lipinski definition) is 10. The molecule has 40 heavy (non-hydrogen) atoms. The van der Waals surface area contributed by atoms with Gasteiger partial charge in [-0.15, -0.1) is 0 Å². The number of nitro groups is 1. The Morgan fingerprint density at radius 3 is 2.23 bits per heavy atom. The van der Waals surface area contributed by atoms with Crippen LogP contribution in [0.1, 0.15) is 11.5 Å². The number of rotatable bonds is 7. The number of nitro benzene ring substituents is 1. The van der Waals surface area contributed by atoms with Gasteiger partial charge in [0.15, 0.2) is 0 Å². The third-order valence-electron chi connectivity index (χ3n) is 6.00. The largest absolute Gasteiger partial charge is 0.466 e. The molecule has 0 saturated carbocycles. The van der Waals surface area contributed by atoms with Crippen molar-refractivity contribution in [2.75, 3.05) is 19.1 Å². The number of benzene rings is 3. The van der Waals surface area contributed by atoms with Gasteiger partial charge in [0.2, 0.25) is 0 Å². The number of anilines is 1. The minimum absolute atomic E-state index is 0.00634. The van der Waals surface area contributed by atoms with Crippen LogP contribution in [0.5, 0.6) is 11.5 Å². The molecule has 12 heteroatoms. The van der Waals surface area contributed by atoms with E-state index in [2.05, 4.69) is 0 Å². The Labute approximate surface area is 233 Å². The van der Waals surface area contributed by atoms with Crippen molar-refractivity contribution in [1.29, 1.82) is 5.26 Å². The summed E-state index contributed by atoms with van der Waals surface area (Å²) < 4.78 is 15.8. The van der Waals surface area contributed by atoms with Crippen LogP contribution in [0.2, 0.25) is 5.02 Å². The number of halogens is 1. The van der Waals surface area contributed by atoms with Crippen molar-refractivity contribution in [2.45, 2.75) is 5.92 Å². The third kappa shape index (κ3) is 5.29. The molecule has 4 rings (SSSR count). The first kappa shape index (κ1) is 27.7. The number of carbonyl (C=O) groups excluding carboxylic acids is 2. The lowest BCUT2D eigenvalue weighted by atomic mass is 9.81. The van der Waals surface area contributed by atoms with Crippen molar-refractivity contribution in [3.63, 3.8) is 0 Å². The lowest BCUT2D eigenvalue weighted by Crippen LogP contribution is -2.40. The van der Waals surface area contributed by atoms with Crippen LogP contribution in [0.15, 0.2) is 95.5 Å². The van der Waals surface area contributed by atoms with Gasteiger partial charge in [-0.05, 0) is 29.8 Å². The molecular formula is C28H21ClN4O7. The second-order valence-electron chi connectivity index (χ2n) is 8.33. The molecule has 3 aromatic carbocycles. The first-order valence-electron chi connectivity index (χ1n) is 11.6. The lowest BCUT2D eigenvalue weighted by Gasteiger charge is -2.35. The van der Waals surface area contributed by atoms with Gasteiger partial charge in [0.25, 0.3) is 5.69 Å². The number of methoxy groups -OCH3 is 2. The van der Waals surface area contributed by atoms with Crippen LogP contribution >= 0.6 is 11.6 Å². The van der Waals surface area contributed by atoms with E-state index in [1.165, 1.54) is 12.1 Å². The number of nitrogens with two attached hydrogens (primary N) is 1. The van der Waals surface area contributed by atoms with Crippen molar-refractivity contribution in [3.05, 3.63) is 116 Å². The maximum absolute atomic E-state index is 13.3. The minimum atomic E-state index is -1.09. The second-order valence-corrected chi connectivity index (χ2v) is 8.77. The number of nitrogens with zero attached hydrogens (tertiary/aromatic N) is 3. The number of carbonyl (C=O) groups is 2. The monoisotopic (exact) mass is 560 g/mol. The maximum atomic E-state index is 13.3. The van der Waals surface area contributed by atoms with Crippen molar-refractivity contribution < 1.29 is 28.7 Å². The molecule has 0 aromatic heterocycles. The van der Waals surface area contributed by atoms with Gasteiger partial charge in [0.1, 0.15) is 23.0 Å². The normalized spacial score (nSPS) is 14.8. The van der Waals surface area contributed by atoms with Gasteiger partial charge in [0, 0.05) is 17.2 Å². The Bertz CT molecular complexity index is 1600. The first-order valence-corrected chi connectivity index (χ1v) is 12.0. The topological polar surface area (TPSA) is 158 Å². The molecule has 1 aliphatic rings. The number of hydrogen-bond donors (Lipinski definition) is 1. The van der Waals surface area contributed by atoms with Gasteiger partial charge >= 0.3 is 11.9 Å². The predicted molar refractivity (Wildman–Crippen MR) is 144 cm³/mol. The third-order valence-corrected chi connectivity index (χ3v) is 6.26. The summed E-state index contributed by atoms with van der Waals surface area (Å²) in [5.41, 5.74) is 5.80. The van der Waals surface area contributed by atoms with Crippen LogP contribution in [-0.2, 0) is 19.1 Å². The van der Waals surface area contributed by atoms with Gasteiger partial charge in [0.05, 0.1) is 54.0 Å². The molecule has 202 valence electrons. The predicted octanol–water partition coefficient (Wildman–Crippen LogP) is 4.94. The van der Waals surface area contributed by atoms with Gasteiger partial charge < -0.3 is 19.9 Å². The molecule has 0 radical (unpaired) electrons. The summed E-state index contributed by atoms with van der Waals surface area (Å²) in [5, 5.41) is 22.5. The fourth-order valence-electron chi connectivity index (χ4n) is 4.28.